The van der Waals surface area contributed by atoms with Crippen LogP contribution in [0.4, 0.5) is 4.39 Å². The first-order valence-electron chi connectivity index (χ1n) is 5.91. The molecule has 1 atom stereocenters. The fourth-order valence-electron chi connectivity index (χ4n) is 1.62. The maximum absolute atomic E-state index is 12.9. The van der Waals surface area contributed by atoms with Gasteiger partial charge in [0.15, 0.2) is 0 Å². The van der Waals surface area contributed by atoms with Gasteiger partial charge in [-0.25, -0.2) is 4.39 Å². The summed E-state index contributed by atoms with van der Waals surface area (Å²) in [5.74, 6) is -0.331. The highest BCUT2D eigenvalue weighted by molar-refractivity contribution is 5.84. The average Bonchev–Trinajstić information content (AvgIpc) is 2.29. The van der Waals surface area contributed by atoms with Crippen molar-refractivity contribution in [3.8, 4) is 5.75 Å². The van der Waals surface area contributed by atoms with Crippen molar-refractivity contribution in [2.24, 2.45) is 5.73 Å². The Morgan fingerprint density at radius 1 is 1.56 bits per heavy atom. The molecule has 0 saturated heterocycles. The van der Waals surface area contributed by atoms with Crippen molar-refractivity contribution in [3.63, 3.8) is 0 Å². The third kappa shape index (κ3) is 4.00. The van der Waals surface area contributed by atoms with E-state index < -0.39 is 11.4 Å². The van der Waals surface area contributed by atoms with Crippen LogP contribution < -0.4 is 15.8 Å². The van der Waals surface area contributed by atoms with Crippen molar-refractivity contribution in [2.75, 3.05) is 13.2 Å². The molecule has 1 unspecified atom stereocenters. The van der Waals surface area contributed by atoms with Crippen LogP contribution in [0, 0.1) is 5.82 Å². The van der Waals surface area contributed by atoms with Crippen LogP contribution >= 0.6 is 0 Å². The lowest BCUT2D eigenvalue weighted by Crippen LogP contribution is -2.53. The van der Waals surface area contributed by atoms with Crippen LogP contribution in [-0.2, 0) is 4.79 Å². The molecule has 0 radical (unpaired) electrons. The van der Waals surface area contributed by atoms with Crippen LogP contribution in [0.5, 0.6) is 5.75 Å². The van der Waals surface area contributed by atoms with Crippen LogP contribution in [0.2, 0.25) is 0 Å². The number of nitrogens with one attached hydrogen (secondary N) is 1. The predicted molar refractivity (Wildman–Crippen MR) is 67.8 cm³/mol. The maximum atomic E-state index is 12.9. The van der Waals surface area contributed by atoms with Crippen LogP contribution in [0.3, 0.4) is 0 Å². The van der Waals surface area contributed by atoms with Gasteiger partial charge in [0.25, 0.3) is 0 Å². The Kier molecular flexibility index (Phi) is 5.09. The van der Waals surface area contributed by atoms with Crippen molar-refractivity contribution >= 4 is 5.91 Å². The van der Waals surface area contributed by atoms with Gasteiger partial charge in [0.2, 0.25) is 5.91 Å². The largest absolute Gasteiger partial charge is 0.493 e. The number of nitrogens with two attached hydrogens (primary N) is 1. The fraction of sp³-hybridized carbons (Fsp3) is 0.462. The van der Waals surface area contributed by atoms with E-state index in [0.29, 0.717) is 18.7 Å². The number of rotatable bonds is 7. The highest BCUT2D eigenvalue weighted by Gasteiger charge is 2.29. The van der Waals surface area contributed by atoms with E-state index in [2.05, 4.69) is 5.32 Å². The molecule has 5 heteroatoms. The number of ether oxygens (including phenoxy) is 1. The molecule has 1 aromatic carbocycles. The third-order valence-electron chi connectivity index (χ3n) is 2.78. The number of hydrogen-bond donors (Lipinski definition) is 2. The normalized spacial score (nSPS) is 13.9. The number of benzene rings is 1. The van der Waals surface area contributed by atoms with Gasteiger partial charge >= 0.3 is 0 Å². The van der Waals surface area contributed by atoms with E-state index in [1.165, 1.54) is 12.1 Å². The summed E-state index contributed by atoms with van der Waals surface area (Å²) in [6.07, 6.45) is 0.423. The van der Waals surface area contributed by atoms with E-state index in [-0.39, 0.29) is 12.4 Å². The molecule has 0 aliphatic carbocycles. The van der Waals surface area contributed by atoms with Gasteiger partial charge in [0, 0.05) is 12.5 Å². The first-order chi connectivity index (χ1) is 8.48. The number of likely N-dealkylation sites (N-methyl/N-ethyl adjacent to an activating group) is 1. The molecule has 0 spiro atoms. The second-order valence-electron chi connectivity index (χ2n) is 4.28. The van der Waals surface area contributed by atoms with Crippen LogP contribution in [0.25, 0.3) is 0 Å². The molecule has 0 heterocycles. The second kappa shape index (κ2) is 6.35. The predicted octanol–water partition coefficient (Wildman–Crippen LogP) is 1.45. The molecule has 0 aromatic heterocycles. The molecule has 1 aromatic rings. The molecule has 0 aliphatic rings. The van der Waals surface area contributed by atoms with Gasteiger partial charge in [-0.1, -0.05) is 13.0 Å². The monoisotopic (exact) mass is 254 g/mol. The summed E-state index contributed by atoms with van der Waals surface area (Å²) < 4.78 is 18.3. The summed E-state index contributed by atoms with van der Waals surface area (Å²) >= 11 is 0. The Morgan fingerprint density at radius 2 is 2.28 bits per heavy atom. The topological polar surface area (TPSA) is 64.3 Å². The Bertz CT molecular complexity index is 412. The molecular formula is C13H19FN2O2. The quantitative estimate of drug-likeness (QED) is 0.774. The molecule has 0 aliphatic heterocycles. The van der Waals surface area contributed by atoms with Crippen LogP contribution in [0.15, 0.2) is 24.3 Å². The van der Waals surface area contributed by atoms with E-state index >= 15 is 0 Å². The Morgan fingerprint density at radius 3 is 2.83 bits per heavy atom. The lowest BCUT2D eigenvalue weighted by molar-refractivity contribution is -0.124. The molecule has 100 valence electrons. The summed E-state index contributed by atoms with van der Waals surface area (Å²) in [5, 5.41) is 3.03. The lowest BCUT2D eigenvalue weighted by Gasteiger charge is -2.26. The summed E-state index contributed by atoms with van der Waals surface area (Å²) in [4.78, 5) is 11.4. The molecular weight excluding hydrogens is 235 g/mol. The fourth-order valence-corrected chi connectivity index (χ4v) is 1.62. The highest BCUT2D eigenvalue weighted by atomic mass is 19.1. The number of halogens is 1. The van der Waals surface area contributed by atoms with Crippen molar-refractivity contribution < 1.29 is 13.9 Å². The number of amides is 1. The van der Waals surface area contributed by atoms with Crippen molar-refractivity contribution in [1.29, 1.82) is 0 Å². The molecule has 0 bridgehead atoms. The Balaban J connectivity index is 2.51. The van der Waals surface area contributed by atoms with E-state index in [1.807, 2.05) is 6.92 Å². The Labute approximate surface area is 106 Å². The van der Waals surface area contributed by atoms with Gasteiger partial charge in [-0.2, -0.15) is 0 Å². The number of hydrogen-bond acceptors (Lipinski definition) is 3. The molecule has 1 rings (SSSR count). The second-order valence-corrected chi connectivity index (χ2v) is 4.28. The van der Waals surface area contributed by atoms with E-state index in [9.17, 15) is 9.18 Å². The molecule has 0 saturated carbocycles. The van der Waals surface area contributed by atoms with Gasteiger partial charge in [-0.3, -0.25) is 4.79 Å². The number of primary amides is 1. The molecule has 1 amide bonds. The summed E-state index contributed by atoms with van der Waals surface area (Å²) in [5.41, 5.74) is 4.54. The number of carbonyl (C=O) groups is 1. The van der Waals surface area contributed by atoms with Crippen molar-refractivity contribution in [1.82, 2.24) is 5.32 Å². The van der Waals surface area contributed by atoms with Gasteiger partial charge in [0.05, 0.1) is 12.1 Å². The maximum Gasteiger partial charge on any atom is 0.237 e. The smallest absolute Gasteiger partial charge is 0.237 e. The van der Waals surface area contributed by atoms with Crippen LogP contribution in [0.1, 0.15) is 20.3 Å². The van der Waals surface area contributed by atoms with Crippen molar-refractivity contribution in [3.05, 3.63) is 30.1 Å². The van der Waals surface area contributed by atoms with Crippen LogP contribution in [-0.4, -0.2) is 24.6 Å². The zero-order valence-electron chi connectivity index (χ0n) is 10.7. The summed E-state index contributed by atoms with van der Waals surface area (Å²) in [6, 6.07) is 5.88. The zero-order valence-corrected chi connectivity index (χ0v) is 10.7. The number of carbonyl (C=O) groups excluding carboxylic acids is 1. The van der Waals surface area contributed by atoms with Gasteiger partial charge in [0.1, 0.15) is 11.6 Å². The third-order valence-corrected chi connectivity index (χ3v) is 2.78. The summed E-state index contributed by atoms with van der Waals surface area (Å²) in [6.45, 7) is 4.55. The first-order valence-corrected chi connectivity index (χ1v) is 5.91. The standard InChI is InChI=1S/C13H19FN2O2/c1-3-16-13(2,12(15)17)7-8-18-11-6-4-5-10(14)9-11/h4-6,9,16H,3,7-8H2,1-2H3,(H2,15,17). The molecule has 4 nitrogen and oxygen atoms in total. The van der Waals surface area contributed by atoms with Gasteiger partial charge < -0.3 is 15.8 Å². The van der Waals surface area contributed by atoms with Gasteiger partial charge in [-0.05, 0) is 25.6 Å². The zero-order chi connectivity index (χ0) is 13.6. The average molecular weight is 254 g/mol. The SMILES string of the molecule is CCNC(C)(CCOc1cccc(F)c1)C(N)=O. The Hall–Kier alpha value is -1.62. The summed E-state index contributed by atoms with van der Waals surface area (Å²) in [7, 11) is 0. The van der Waals surface area contributed by atoms with E-state index in [0.717, 1.165) is 0 Å². The minimum atomic E-state index is -0.803. The van der Waals surface area contributed by atoms with E-state index in [4.69, 9.17) is 10.5 Å². The minimum Gasteiger partial charge on any atom is -0.493 e. The molecule has 0 fully saturated rings. The minimum absolute atomic E-state index is 0.288. The van der Waals surface area contributed by atoms with E-state index in [1.54, 1.807) is 19.1 Å². The highest BCUT2D eigenvalue weighted by Crippen LogP contribution is 2.14. The molecule has 3 N–H and O–H groups in total. The van der Waals surface area contributed by atoms with Crippen molar-refractivity contribution in [2.45, 2.75) is 25.8 Å². The first kappa shape index (κ1) is 14.4. The van der Waals surface area contributed by atoms with Gasteiger partial charge in [-0.15, -0.1) is 0 Å². The molecule has 18 heavy (non-hydrogen) atoms. The lowest BCUT2D eigenvalue weighted by atomic mass is 9.97.